The van der Waals surface area contributed by atoms with Crippen LogP contribution in [-0.2, 0) is 0 Å². The van der Waals surface area contributed by atoms with Gasteiger partial charge in [0.25, 0.3) is 5.69 Å². The predicted molar refractivity (Wildman–Crippen MR) is 129 cm³/mol. The SMILES string of the molecule is C/C(=N/Nc1nc(Nc2ccc([N+](=O)[O-])cc2)nc(N2CCCCCC2)n1)c1ccc(F)cc1. The Bertz CT molecular complexity index is 1160. The highest BCUT2D eigenvalue weighted by Gasteiger charge is 2.16. The molecule has 34 heavy (non-hydrogen) atoms. The van der Waals surface area contributed by atoms with Crippen molar-refractivity contribution in [2.45, 2.75) is 32.6 Å². The molecule has 1 aromatic heterocycles. The molecule has 2 heterocycles. The van der Waals surface area contributed by atoms with Gasteiger partial charge in [-0.1, -0.05) is 25.0 Å². The number of aromatic nitrogens is 3. The maximum Gasteiger partial charge on any atom is 0.269 e. The monoisotopic (exact) mass is 464 g/mol. The molecule has 1 aliphatic rings. The molecule has 0 amide bonds. The number of nitrogens with zero attached hydrogens (tertiary/aromatic N) is 6. The van der Waals surface area contributed by atoms with E-state index in [1.807, 2.05) is 0 Å². The lowest BCUT2D eigenvalue weighted by atomic mass is 10.1. The molecule has 3 aromatic rings. The van der Waals surface area contributed by atoms with E-state index >= 15 is 0 Å². The molecule has 0 radical (unpaired) electrons. The number of anilines is 4. The van der Waals surface area contributed by atoms with Crippen LogP contribution < -0.4 is 15.6 Å². The molecule has 0 saturated carbocycles. The first kappa shape index (κ1) is 23.0. The number of nitro groups is 1. The summed E-state index contributed by atoms with van der Waals surface area (Å²) in [6, 6.07) is 12.1. The van der Waals surface area contributed by atoms with Gasteiger partial charge in [0, 0.05) is 30.9 Å². The molecule has 4 rings (SSSR count). The van der Waals surface area contributed by atoms with Crippen molar-refractivity contribution in [3.8, 4) is 0 Å². The van der Waals surface area contributed by atoms with E-state index in [-0.39, 0.29) is 17.5 Å². The van der Waals surface area contributed by atoms with Crippen molar-refractivity contribution in [1.82, 2.24) is 15.0 Å². The number of halogens is 1. The van der Waals surface area contributed by atoms with Crippen molar-refractivity contribution in [2.24, 2.45) is 5.10 Å². The molecule has 0 unspecified atom stereocenters. The molecule has 1 fully saturated rings. The van der Waals surface area contributed by atoms with Crippen LogP contribution in [0.15, 0.2) is 53.6 Å². The van der Waals surface area contributed by atoms with E-state index in [2.05, 4.69) is 35.7 Å². The first-order chi connectivity index (χ1) is 16.5. The Kier molecular flexibility index (Phi) is 7.21. The van der Waals surface area contributed by atoms with Crippen molar-refractivity contribution in [2.75, 3.05) is 28.7 Å². The highest BCUT2D eigenvalue weighted by molar-refractivity contribution is 5.98. The summed E-state index contributed by atoms with van der Waals surface area (Å²) >= 11 is 0. The molecule has 0 bridgehead atoms. The van der Waals surface area contributed by atoms with E-state index in [4.69, 9.17) is 0 Å². The normalized spacial score (nSPS) is 14.4. The number of non-ortho nitro benzene ring substituents is 1. The van der Waals surface area contributed by atoms with Crippen molar-refractivity contribution < 1.29 is 9.31 Å². The smallest absolute Gasteiger partial charge is 0.269 e. The van der Waals surface area contributed by atoms with E-state index in [1.165, 1.54) is 37.1 Å². The van der Waals surface area contributed by atoms with Gasteiger partial charge in [-0.2, -0.15) is 20.1 Å². The van der Waals surface area contributed by atoms with Crippen molar-refractivity contribution in [3.05, 3.63) is 70.0 Å². The van der Waals surface area contributed by atoms with E-state index in [0.29, 0.717) is 23.3 Å². The number of hydrogen-bond donors (Lipinski definition) is 2. The zero-order chi connectivity index (χ0) is 23.9. The van der Waals surface area contributed by atoms with Crippen LogP contribution in [0.25, 0.3) is 0 Å². The number of rotatable bonds is 7. The van der Waals surface area contributed by atoms with Crippen LogP contribution in [-0.4, -0.2) is 38.7 Å². The summed E-state index contributed by atoms with van der Waals surface area (Å²) in [5.74, 6) is 0.754. The third kappa shape index (κ3) is 6.00. The third-order valence-electron chi connectivity index (χ3n) is 5.43. The summed E-state index contributed by atoms with van der Waals surface area (Å²) < 4.78 is 13.2. The molecule has 1 saturated heterocycles. The van der Waals surface area contributed by atoms with Crippen molar-refractivity contribution in [3.63, 3.8) is 0 Å². The Hall–Kier alpha value is -4.15. The Morgan fingerprint density at radius 1 is 0.971 bits per heavy atom. The van der Waals surface area contributed by atoms with Crippen molar-refractivity contribution in [1.29, 1.82) is 0 Å². The topological polar surface area (TPSA) is 121 Å². The molecule has 0 aliphatic carbocycles. The molecular weight excluding hydrogens is 439 g/mol. The summed E-state index contributed by atoms with van der Waals surface area (Å²) in [6.45, 7) is 3.49. The number of benzene rings is 2. The first-order valence-electron chi connectivity index (χ1n) is 11.1. The number of nitrogens with one attached hydrogen (secondary N) is 2. The van der Waals surface area contributed by atoms with Crippen LogP contribution in [0.2, 0.25) is 0 Å². The first-order valence-corrected chi connectivity index (χ1v) is 11.1. The van der Waals surface area contributed by atoms with Gasteiger partial charge in [0.1, 0.15) is 5.82 Å². The van der Waals surface area contributed by atoms with Gasteiger partial charge >= 0.3 is 0 Å². The minimum Gasteiger partial charge on any atom is -0.341 e. The Labute approximate surface area is 196 Å². The summed E-state index contributed by atoms with van der Waals surface area (Å²) in [6.07, 6.45) is 4.45. The molecule has 10 nitrogen and oxygen atoms in total. The van der Waals surface area contributed by atoms with Gasteiger partial charge < -0.3 is 10.2 Å². The van der Waals surface area contributed by atoms with Crippen molar-refractivity contribution >= 4 is 34.9 Å². The lowest BCUT2D eigenvalue weighted by Gasteiger charge is -2.21. The average molecular weight is 465 g/mol. The maximum absolute atomic E-state index is 13.2. The van der Waals surface area contributed by atoms with Crippen LogP contribution in [0, 0.1) is 15.9 Å². The van der Waals surface area contributed by atoms with Crippen LogP contribution in [0.3, 0.4) is 0 Å². The molecule has 0 atom stereocenters. The van der Waals surface area contributed by atoms with Gasteiger partial charge in [-0.05, 0) is 49.6 Å². The molecule has 176 valence electrons. The lowest BCUT2D eigenvalue weighted by molar-refractivity contribution is -0.384. The van der Waals surface area contributed by atoms with Gasteiger partial charge in [0.05, 0.1) is 10.6 Å². The lowest BCUT2D eigenvalue weighted by Crippen LogP contribution is -2.26. The standard InChI is InChI=1S/C23H25FN8O2/c1-16(17-6-8-18(24)9-7-17)29-30-22-26-21(25-19-10-12-20(13-11-19)32(33)34)27-23(28-22)31-14-4-2-3-5-15-31/h6-13H,2-5,14-15H2,1H3,(H2,25,26,27,28,30)/b29-16-. The molecular formula is C23H25FN8O2. The Balaban J connectivity index is 1.60. The summed E-state index contributed by atoms with van der Waals surface area (Å²) in [7, 11) is 0. The third-order valence-corrected chi connectivity index (χ3v) is 5.43. The van der Waals surface area contributed by atoms with E-state index < -0.39 is 4.92 Å². The highest BCUT2D eigenvalue weighted by atomic mass is 19.1. The Morgan fingerprint density at radius 2 is 1.62 bits per heavy atom. The van der Waals surface area contributed by atoms with Crippen LogP contribution in [0.1, 0.15) is 38.2 Å². The fourth-order valence-electron chi connectivity index (χ4n) is 3.57. The van der Waals surface area contributed by atoms with Crippen LogP contribution in [0.4, 0.5) is 33.6 Å². The van der Waals surface area contributed by atoms with Gasteiger partial charge in [-0.25, -0.2) is 9.82 Å². The van der Waals surface area contributed by atoms with E-state index in [9.17, 15) is 14.5 Å². The second kappa shape index (κ2) is 10.6. The molecule has 1 aliphatic heterocycles. The average Bonchev–Trinajstić information content (AvgIpc) is 3.13. The minimum absolute atomic E-state index is 0.000543. The summed E-state index contributed by atoms with van der Waals surface area (Å²) in [5, 5.41) is 18.4. The van der Waals surface area contributed by atoms with Gasteiger partial charge in [-0.15, -0.1) is 0 Å². The van der Waals surface area contributed by atoms with Crippen LogP contribution in [0.5, 0.6) is 0 Å². The van der Waals surface area contributed by atoms with Gasteiger partial charge in [0.2, 0.25) is 17.8 Å². The fraction of sp³-hybridized carbons (Fsp3) is 0.304. The largest absolute Gasteiger partial charge is 0.341 e. The second-order valence-corrected chi connectivity index (χ2v) is 7.93. The quantitative estimate of drug-likeness (QED) is 0.288. The summed E-state index contributed by atoms with van der Waals surface area (Å²) in [4.78, 5) is 26.1. The maximum atomic E-state index is 13.2. The molecule has 0 spiro atoms. The van der Waals surface area contributed by atoms with Gasteiger partial charge in [0.15, 0.2) is 0 Å². The zero-order valence-electron chi connectivity index (χ0n) is 18.7. The zero-order valence-corrected chi connectivity index (χ0v) is 18.7. The van der Waals surface area contributed by atoms with E-state index in [1.54, 1.807) is 31.2 Å². The number of hydrazone groups is 1. The number of nitro benzene ring substituents is 1. The van der Waals surface area contributed by atoms with Crippen LogP contribution >= 0.6 is 0 Å². The minimum atomic E-state index is -0.451. The fourth-order valence-corrected chi connectivity index (χ4v) is 3.57. The Morgan fingerprint density at radius 3 is 2.26 bits per heavy atom. The summed E-state index contributed by atoms with van der Waals surface area (Å²) in [5.41, 5.74) is 4.89. The molecule has 2 aromatic carbocycles. The number of hydrogen-bond acceptors (Lipinski definition) is 9. The van der Waals surface area contributed by atoms with E-state index in [0.717, 1.165) is 31.5 Å². The molecule has 11 heteroatoms. The molecule has 2 N–H and O–H groups in total. The second-order valence-electron chi connectivity index (χ2n) is 7.93. The predicted octanol–water partition coefficient (Wildman–Crippen LogP) is 4.88. The van der Waals surface area contributed by atoms with Gasteiger partial charge in [-0.3, -0.25) is 10.1 Å². The highest BCUT2D eigenvalue weighted by Crippen LogP contribution is 2.22.